The second-order valence-corrected chi connectivity index (χ2v) is 7.18. The van der Waals surface area contributed by atoms with E-state index in [-0.39, 0.29) is 0 Å². The van der Waals surface area contributed by atoms with Crippen molar-refractivity contribution in [3.8, 4) is 0 Å². The minimum absolute atomic E-state index is 0.315. The molecule has 0 spiro atoms. The molecule has 122 valence electrons. The van der Waals surface area contributed by atoms with Gasteiger partial charge in [-0.2, -0.15) is 0 Å². The number of nitrogens with zero attached hydrogens (tertiary/aromatic N) is 1. The van der Waals surface area contributed by atoms with Crippen LogP contribution < -0.4 is 5.32 Å². The molecule has 4 heteroatoms. The summed E-state index contributed by atoms with van der Waals surface area (Å²) in [5.74, 6) is 0.421. The average molecular weight is 296 g/mol. The molecule has 0 aromatic rings. The van der Waals surface area contributed by atoms with Gasteiger partial charge in [0.25, 0.3) is 0 Å². The van der Waals surface area contributed by atoms with Crippen molar-refractivity contribution in [2.45, 2.75) is 63.8 Å². The Balaban J connectivity index is 1.94. The Morgan fingerprint density at radius 2 is 1.90 bits per heavy atom. The van der Waals surface area contributed by atoms with Crippen molar-refractivity contribution >= 4 is 5.97 Å². The smallest absolute Gasteiger partial charge is 0.325 e. The number of carboxylic acid groups (broad SMARTS) is 1. The molecule has 0 heterocycles. The van der Waals surface area contributed by atoms with Crippen LogP contribution in [0.3, 0.4) is 0 Å². The maximum atomic E-state index is 11.9. The first-order valence-electron chi connectivity index (χ1n) is 8.75. The molecule has 2 aliphatic carbocycles. The van der Waals surface area contributed by atoms with Gasteiger partial charge in [0, 0.05) is 13.1 Å². The number of likely N-dealkylation sites (N-methyl/N-ethyl adjacent to an activating group) is 1. The van der Waals surface area contributed by atoms with Gasteiger partial charge in [-0.15, -0.1) is 0 Å². The quantitative estimate of drug-likeness (QED) is 0.687. The number of hydrogen-bond donors (Lipinski definition) is 2. The van der Waals surface area contributed by atoms with Gasteiger partial charge in [0.1, 0.15) is 5.54 Å². The molecular weight excluding hydrogens is 264 g/mol. The van der Waals surface area contributed by atoms with Crippen molar-refractivity contribution in [1.29, 1.82) is 0 Å². The molecule has 0 aromatic carbocycles. The van der Waals surface area contributed by atoms with Gasteiger partial charge in [0.15, 0.2) is 0 Å². The van der Waals surface area contributed by atoms with Gasteiger partial charge in [-0.25, -0.2) is 0 Å². The Morgan fingerprint density at radius 1 is 1.24 bits per heavy atom. The summed E-state index contributed by atoms with van der Waals surface area (Å²) < 4.78 is 0. The first kappa shape index (κ1) is 16.8. The summed E-state index contributed by atoms with van der Waals surface area (Å²) >= 11 is 0. The fourth-order valence-electron chi connectivity index (χ4n) is 3.87. The summed E-state index contributed by atoms with van der Waals surface area (Å²) in [4.78, 5) is 14.2. The van der Waals surface area contributed by atoms with Crippen molar-refractivity contribution in [2.75, 3.05) is 26.7 Å². The van der Waals surface area contributed by atoms with Crippen LogP contribution >= 0.6 is 0 Å². The highest BCUT2D eigenvalue weighted by Gasteiger charge is 2.51. The molecule has 1 atom stereocenters. The minimum Gasteiger partial charge on any atom is -0.480 e. The number of hydrogen-bond acceptors (Lipinski definition) is 3. The number of carboxylic acids is 1. The van der Waals surface area contributed by atoms with E-state index in [2.05, 4.69) is 24.2 Å². The molecule has 1 unspecified atom stereocenters. The Morgan fingerprint density at radius 3 is 2.43 bits per heavy atom. The van der Waals surface area contributed by atoms with Crippen molar-refractivity contribution in [3.05, 3.63) is 0 Å². The van der Waals surface area contributed by atoms with Gasteiger partial charge in [0.2, 0.25) is 0 Å². The second-order valence-electron chi connectivity index (χ2n) is 7.18. The van der Waals surface area contributed by atoms with Crippen molar-refractivity contribution in [1.82, 2.24) is 10.2 Å². The van der Waals surface area contributed by atoms with Gasteiger partial charge < -0.3 is 15.3 Å². The lowest BCUT2D eigenvalue weighted by Crippen LogP contribution is -2.60. The van der Waals surface area contributed by atoms with Crippen LogP contribution in [0.4, 0.5) is 0 Å². The molecule has 0 bridgehead atoms. The summed E-state index contributed by atoms with van der Waals surface area (Å²) in [6.45, 7) is 4.58. The molecule has 2 saturated carbocycles. The average Bonchev–Trinajstić information content (AvgIpc) is 3.29. The van der Waals surface area contributed by atoms with Crippen molar-refractivity contribution < 1.29 is 9.90 Å². The minimum atomic E-state index is -0.723. The maximum absolute atomic E-state index is 11.9. The van der Waals surface area contributed by atoms with Gasteiger partial charge in [-0.3, -0.25) is 4.79 Å². The molecule has 2 N–H and O–H groups in total. The van der Waals surface area contributed by atoms with Crippen LogP contribution in [-0.2, 0) is 4.79 Å². The lowest BCUT2D eigenvalue weighted by molar-refractivity contribution is -0.147. The largest absolute Gasteiger partial charge is 0.480 e. The summed E-state index contributed by atoms with van der Waals surface area (Å²) in [6.07, 6.45) is 9.79. The maximum Gasteiger partial charge on any atom is 0.325 e. The van der Waals surface area contributed by atoms with Gasteiger partial charge in [-0.05, 0) is 57.5 Å². The monoisotopic (exact) mass is 296 g/mol. The van der Waals surface area contributed by atoms with Gasteiger partial charge in [-0.1, -0.05) is 26.2 Å². The van der Waals surface area contributed by atoms with Crippen LogP contribution in [-0.4, -0.2) is 48.2 Å². The Kier molecular flexibility index (Phi) is 6.06. The van der Waals surface area contributed by atoms with Gasteiger partial charge in [0.05, 0.1) is 0 Å². The highest BCUT2D eigenvalue weighted by molar-refractivity contribution is 5.80. The van der Waals surface area contributed by atoms with Crippen LogP contribution in [0.15, 0.2) is 0 Å². The zero-order chi connectivity index (χ0) is 15.3. The molecule has 4 nitrogen and oxygen atoms in total. The van der Waals surface area contributed by atoms with E-state index in [0.29, 0.717) is 12.5 Å². The molecule has 2 rings (SSSR count). The second kappa shape index (κ2) is 7.59. The summed E-state index contributed by atoms with van der Waals surface area (Å²) in [6, 6.07) is 0. The molecule has 0 saturated heterocycles. The third-order valence-electron chi connectivity index (χ3n) is 5.16. The van der Waals surface area contributed by atoms with Crippen LogP contribution in [0, 0.1) is 11.8 Å². The summed E-state index contributed by atoms with van der Waals surface area (Å²) in [5, 5.41) is 13.2. The number of nitrogens with one attached hydrogen (secondary N) is 1. The predicted octanol–water partition coefficient (Wildman–Crippen LogP) is 2.73. The third-order valence-corrected chi connectivity index (χ3v) is 5.16. The van der Waals surface area contributed by atoms with E-state index in [1.54, 1.807) is 0 Å². The summed E-state index contributed by atoms with van der Waals surface area (Å²) in [5.41, 5.74) is -0.723. The SMILES string of the molecule is CCCNC(CN(C)CC1CCCCC1)(C(=O)O)C1CC1. The zero-order valence-corrected chi connectivity index (χ0v) is 13.7. The van der Waals surface area contributed by atoms with E-state index in [1.165, 1.54) is 32.1 Å². The van der Waals surface area contributed by atoms with Crippen molar-refractivity contribution in [2.24, 2.45) is 11.8 Å². The third kappa shape index (κ3) is 4.43. The lowest BCUT2D eigenvalue weighted by atomic mass is 9.87. The first-order valence-corrected chi connectivity index (χ1v) is 8.75. The molecule has 2 fully saturated rings. The van der Waals surface area contributed by atoms with E-state index >= 15 is 0 Å². The molecule has 0 radical (unpaired) electrons. The number of aliphatic carboxylic acids is 1. The number of carbonyl (C=O) groups is 1. The van der Waals surface area contributed by atoms with E-state index in [0.717, 1.165) is 38.3 Å². The fourth-order valence-corrected chi connectivity index (χ4v) is 3.87. The van der Waals surface area contributed by atoms with E-state index in [1.807, 2.05) is 0 Å². The molecule has 0 amide bonds. The topological polar surface area (TPSA) is 52.6 Å². The highest BCUT2D eigenvalue weighted by atomic mass is 16.4. The Hall–Kier alpha value is -0.610. The zero-order valence-electron chi connectivity index (χ0n) is 13.7. The van der Waals surface area contributed by atoms with E-state index in [9.17, 15) is 9.90 Å². The normalized spacial score (nSPS) is 23.2. The molecule has 0 aliphatic heterocycles. The van der Waals surface area contributed by atoms with Crippen LogP contribution in [0.1, 0.15) is 58.3 Å². The summed E-state index contributed by atoms with van der Waals surface area (Å²) in [7, 11) is 2.10. The van der Waals surface area contributed by atoms with Crippen LogP contribution in [0.5, 0.6) is 0 Å². The Bertz CT molecular complexity index is 338. The molecular formula is C17H32N2O2. The van der Waals surface area contributed by atoms with Crippen LogP contribution in [0.25, 0.3) is 0 Å². The first-order chi connectivity index (χ1) is 10.1. The van der Waals surface area contributed by atoms with Crippen LogP contribution in [0.2, 0.25) is 0 Å². The fraction of sp³-hybridized carbons (Fsp3) is 0.941. The molecule has 2 aliphatic rings. The lowest BCUT2D eigenvalue weighted by Gasteiger charge is -2.36. The van der Waals surface area contributed by atoms with Gasteiger partial charge >= 0.3 is 5.97 Å². The number of rotatable bonds is 9. The van der Waals surface area contributed by atoms with E-state index < -0.39 is 11.5 Å². The van der Waals surface area contributed by atoms with Crippen molar-refractivity contribution in [3.63, 3.8) is 0 Å². The molecule has 21 heavy (non-hydrogen) atoms. The Labute approximate surface area is 129 Å². The highest BCUT2D eigenvalue weighted by Crippen LogP contribution is 2.40. The predicted molar refractivity (Wildman–Crippen MR) is 85.5 cm³/mol. The molecule has 0 aromatic heterocycles. The standard InChI is InChI=1S/C17H32N2O2/c1-3-11-18-17(16(20)21,15-9-10-15)13-19(2)12-14-7-5-4-6-8-14/h14-15,18H,3-13H2,1-2H3,(H,20,21). The van der Waals surface area contributed by atoms with E-state index in [4.69, 9.17) is 0 Å².